The van der Waals surface area contributed by atoms with Crippen molar-refractivity contribution in [2.24, 2.45) is 5.92 Å². The van der Waals surface area contributed by atoms with Crippen molar-refractivity contribution in [3.05, 3.63) is 35.9 Å². The summed E-state index contributed by atoms with van der Waals surface area (Å²) in [5.74, 6) is 0.398. The minimum atomic E-state index is -1.12. The van der Waals surface area contributed by atoms with Crippen LogP contribution in [0.4, 0.5) is 4.79 Å². The van der Waals surface area contributed by atoms with E-state index < -0.39 is 11.0 Å². The Balaban J connectivity index is 1.77. The number of carbonyl (C=O) groups excluding carboxylic acids is 1. The molecule has 1 aromatic carbocycles. The van der Waals surface area contributed by atoms with Crippen LogP contribution in [0.15, 0.2) is 30.3 Å². The number of fused-ring (bicyclic) bond motifs is 2. The van der Waals surface area contributed by atoms with Crippen molar-refractivity contribution in [2.75, 3.05) is 7.11 Å². The zero-order chi connectivity index (χ0) is 19.6. The fourth-order valence-electron chi connectivity index (χ4n) is 4.44. The molecule has 1 unspecified atom stereocenters. The van der Waals surface area contributed by atoms with Crippen molar-refractivity contribution in [2.45, 2.75) is 75.7 Å². The number of hydrogen-bond donors (Lipinski definition) is 1. The van der Waals surface area contributed by atoms with Gasteiger partial charge in [-0.15, -0.1) is 0 Å². The molecule has 2 aliphatic rings. The molecule has 0 aromatic heterocycles. The Kier molecular flexibility index (Phi) is 6.26. The minimum absolute atomic E-state index is 0.135. The number of rotatable bonds is 5. The second-order valence-corrected chi connectivity index (χ2v) is 10.8. The van der Waals surface area contributed by atoms with Gasteiger partial charge in [-0.1, -0.05) is 30.3 Å². The second kappa shape index (κ2) is 8.31. The predicted molar refractivity (Wildman–Crippen MR) is 109 cm³/mol. The Morgan fingerprint density at radius 2 is 1.81 bits per heavy atom. The number of methoxy groups -OCH3 is 1. The highest BCUT2D eigenvalue weighted by Gasteiger charge is 2.46. The van der Waals surface area contributed by atoms with Crippen LogP contribution < -0.4 is 4.72 Å². The molecule has 5 atom stereocenters. The highest BCUT2D eigenvalue weighted by molar-refractivity contribution is 7.84. The smallest absolute Gasteiger partial charge is 0.409 e. The van der Waals surface area contributed by atoms with Crippen LogP contribution in [0.1, 0.15) is 52.0 Å². The second-order valence-electron chi connectivity index (χ2n) is 8.79. The van der Waals surface area contributed by atoms with E-state index in [0.717, 1.165) is 32.1 Å². The van der Waals surface area contributed by atoms with E-state index in [9.17, 15) is 9.00 Å². The number of ether oxygens (including phenoxy) is 1. The maximum absolute atomic E-state index is 12.8. The Bertz CT molecular complexity index is 660. The Morgan fingerprint density at radius 1 is 1.22 bits per heavy atom. The standard InChI is InChI=1S/C21H32N2O3S/c1-21(2,3)27(25)22-19(12-15-8-6-5-7-9-15)16-13-17-10-11-18(14-16)23(17)20(24)26-4/h5-9,16-19,22H,10-14H2,1-4H3/t16?,17-,18+,19-,27-/m0/s1. The van der Waals surface area contributed by atoms with Crippen LogP contribution in [0, 0.1) is 5.92 Å². The van der Waals surface area contributed by atoms with Gasteiger partial charge >= 0.3 is 6.09 Å². The van der Waals surface area contributed by atoms with Crippen LogP contribution >= 0.6 is 0 Å². The molecule has 0 aliphatic carbocycles. The van der Waals surface area contributed by atoms with Crippen LogP contribution in [-0.4, -0.2) is 45.2 Å². The zero-order valence-corrected chi connectivity index (χ0v) is 17.6. The Morgan fingerprint density at radius 3 is 2.33 bits per heavy atom. The number of benzene rings is 1. The number of hydrogen-bond acceptors (Lipinski definition) is 3. The molecule has 2 saturated heterocycles. The van der Waals surface area contributed by atoms with Gasteiger partial charge in [-0.25, -0.2) is 13.7 Å². The number of amides is 1. The molecule has 5 nitrogen and oxygen atoms in total. The van der Waals surface area contributed by atoms with Crippen LogP contribution in [0.5, 0.6) is 0 Å². The van der Waals surface area contributed by atoms with Crippen molar-refractivity contribution >= 4 is 17.1 Å². The molecule has 0 saturated carbocycles. The summed E-state index contributed by atoms with van der Waals surface area (Å²) in [6.45, 7) is 6.00. The molecule has 150 valence electrons. The summed E-state index contributed by atoms with van der Waals surface area (Å²) in [4.78, 5) is 14.1. The molecule has 0 radical (unpaired) electrons. The molecule has 1 amide bonds. The van der Waals surface area contributed by atoms with Crippen molar-refractivity contribution in [3.63, 3.8) is 0 Å². The van der Waals surface area contributed by atoms with Crippen LogP contribution in [0.2, 0.25) is 0 Å². The average Bonchev–Trinajstić information content (AvgIpc) is 2.90. The molecular formula is C21H32N2O3S. The summed E-state index contributed by atoms with van der Waals surface area (Å²) in [5.41, 5.74) is 1.25. The zero-order valence-electron chi connectivity index (χ0n) is 16.8. The molecule has 2 heterocycles. The molecule has 2 aliphatic heterocycles. The maximum Gasteiger partial charge on any atom is 0.409 e. The SMILES string of the molecule is COC(=O)N1[C@@H]2CC[C@H]1CC([C@H](Cc1ccccc1)N[S@@](=O)C(C)(C)C)C2. The van der Waals surface area contributed by atoms with Crippen LogP contribution in [-0.2, 0) is 22.1 Å². The lowest BCUT2D eigenvalue weighted by molar-refractivity contribution is 0.0651. The van der Waals surface area contributed by atoms with E-state index in [0.29, 0.717) is 5.92 Å². The van der Waals surface area contributed by atoms with Gasteiger partial charge in [0.2, 0.25) is 0 Å². The maximum atomic E-state index is 12.8. The number of carbonyl (C=O) groups is 1. The summed E-state index contributed by atoms with van der Waals surface area (Å²) in [5, 5.41) is 0. The molecule has 6 heteroatoms. The van der Waals surface area contributed by atoms with Crippen LogP contribution in [0.3, 0.4) is 0 Å². The van der Waals surface area contributed by atoms with Crippen molar-refractivity contribution in [1.29, 1.82) is 0 Å². The fraction of sp³-hybridized carbons (Fsp3) is 0.667. The van der Waals surface area contributed by atoms with Gasteiger partial charge in [0.1, 0.15) is 0 Å². The summed E-state index contributed by atoms with van der Waals surface area (Å²) in [6.07, 6.45) is 4.61. The molecule has 3 rings (SSSR count). The van der Waals surface area contributed by atoms with Gasteiger partial charge in [0.25, 0.3) is 0 Å². The van der Waals surface area contributed by atoms with Gasteiger partial charge in [0.05, 0.1) is 22.8 Å². The van der Waals surface area contributed by atoms with E-state index >= 15 is 0 Å². The van der Waals surface area contributed by atoms with E-state index in [2.05, 4.69) is 29.0 Å². The quantitative estimate of drug-likeness (QED) is 0.832. The molecule has 1 N–H and O–H groups in total. The molecule has 0 spiro atoms. The number of nitrogens with one attached hydrogen (secondary N) is 1. The fourth-order valence-corrected chi connectivity index (χ4v) is 5.34. The van der Waals surface area contributed by atoms with Crippen LogP contribution in [0.25, 0.3) is 0 Å². The summed E-state index contributed by atoms with van der Waals surface area (Å²) in [6, 6.07) is 11.0. The molecule has 2 bridgehead atoms. The van der Waals surface area contributed by atoms with Gasteiger partial charge < -0.3 is 9.64 Å². The van der Waals surface area contributed by atoms with Gasteiger partial charge in [-0.3, -0.25) is 0 Å². The largest absolute Gasteiger partial charge is 0.453 e. The number of nitrogens with zero attached hydrogens (tertiary/aromatic N) is 1. The van der Waals surface area contributed by atoms with Crippen molar-refractivity contribution in [3.8, 4) is 0 Å². The lowest BCUT2D eigenvalue weighted by Gasteiger charge is -2.41. The Labute approximate surface area is 165 Å². The normalized spacial score (nSPS) is 27.3. The highest BCUT2D eigenvalue weighted by Crippen LogP contribution is 2.41. The molecule has 2 fully saturated rings. The molecule has 1 aromatic rings. The van der Waals surface area contributed by atoms with E-state index in [1.54, 1.807) is 0 Å². The lowest BCUT2D eigenvalue weighted by Crippen LogP contribution is -2.52. The third-order valence-corrected chi connectivity index (χ3v) is 7.47. The first-order valence-electron chi connectivity index (χ1n) is 9.88. The first kappa shape index (κ1) is 20.3. The monoisotopic (exact) mass is 392 g/mol. The summed E-state index contributed by atoms with van der Waals surface area (Å²) < 4.78 is 20.9. The summed E-state index contributed by atoms with van der Waals surface area (Å²) in [7, 11) is 0.339. The first-order valence-corrected chi connectivity index (χ1v) is 11.0. The highest BCUT2D eigenvalue weighted by atomic mass is 32.2. The van der Waals surface area contributed by atoms with E-state index in [1.807, 2.05) is 31.7 Å². The average molecular weight is 393 g/mol. The predicted octanol–water partition coefficient (Wildman–Crippen LogP) is 3.66. The first-order chi connectivity index (χ1) is 12.8. The van der Waals surface area contributed by atoms with Gasteiger partial charge in [-0.2, -0.15) is 0 Å². The van der Waals surface area contributed by atoms with E-state index in [-0.39, 0.29) is 29.0 Å². The minimum Gasteiger partial charge on any atom is -0.453 e. The van der Waals surface area contributed by atoms with E-state index in [1.165, 1.54) is 12.7 Å². The van der Waals surface area contributed by atoms with E-state index in [4.69, 9.17) is 4.74 Å². The topological polar surface area (TPSA) is 58.6 Å². The van der Waals surface area contributed by atoms with Crippen molar-refractivity contribution in [1.82, 2.24) is 9.62 Å². The third kappa shape index (κ3) is 4.72. The third-order valence-electron chi connectivity index (χ3n) is 5.84. The van der Waals surface area contributed by atoms with Gasteiger partial charge in [0.15, 0.2) is 0 Å². The summed E-state index contributed by atoms with van der Waals surface area (Å²) >= 11 is 0. The lowest BCUT2D eigenvalue weighted by atomic mass is 9.83. The van der Waals surface area contributed by atoms with Crippen molar-refractivity contribution < 1.29 is 13.7 Å². The van der Waals surface area contributed by atoms with Gasteiger partial charge in [0, 0.05) is 18.1 Å². The Hall–Kier alpha value is -1.40. The molecular weight excluding hydrogens is 360 g/mol. The van der Waals surface area contributed by atoms with Gasteiger partial charge in [-0.05, 0) is 64.4 Å². The number of piperidine rings is 1. The molecule has 27 heavy (non-hydrogen) atoms.